The first kappa shape index (κ1) is 14.8. The molecular formula is C19H16FN3O. The van der Waals surface area contributed by atoms with Crippen molar-refractivity contribution in [1.82, 2.24) is 10.3 Å². The topological polar surface area (TPSA) is 57.2 Å². The van der Waals surface area contributed by atoms with Crippen molar-refractivity contribution in [3.63, 3.8) is 0 Å². The summed E-state index contributed by atoms with van der Waals surface area (Å²) >= 11 is 0. The molecule has 0 spiro atoms. The number of nitrogens with zero attached hydrogens (tertiary/aromatic N) is 1. The molecule has 5 heteroatoms. The summed E-state index contributed by atoms with van der Waals surface area (Å²) in [6, 6.07) is 10.9. The van der Waals surface area contributed by atoms with Gasteiger partial charge in [-0.3, -0.25) is 4.79 Å². The van der Waals surface area contributed by atoms with Crippen molar-refractivity contribution >= 4 is 23.0 Å². The molecule has 1 aliphatic heterocycles. The van der Waals surface area contributed by atoms with Gasteiger partial charge < -0.3 is 10.3 Å². The third-order valence-electron chi connectivity index (χ3n) is 4.32. The second-order valence-electron chi connectivity index (χ2n) is 5.90. The van der Waals surface area contributed by atoms with Crippen LogP contribution in [0.1, 0.15) is 21.5 Å². The summed E-state index contributed by atoms with van der Waals surface area (Å²) in [6.07, 6.45) is 2.14. The minimum absolute atomic E-state index is 0.322. The van der Waals surface area contributed by atoms with Crippen LogP contribution in [0.4, 0.5) is 4.39 Å². The number of benzene rings is 2. The number of H-pyrrole nitrogens is 1. The van der Waals surface area contributed by atoms with Crippen LogP contribution in [0, 0.1) is 5.82 Å². The van der Waals surface area contributed by atoms with Crippen molar-refractivity contribution in [2.24, 2.45) is 4.99 Å². The molecule has 0 aliphatic carbocycles. The molecule has 1 aromatic heterocycles. The maximum absolute atomic E-state index is 13.9. The molecule has 2 heterocycles. The normalized spacial score (nSPS) is 13.5. The first-order chi connectivity index (χ1) is 11.7. The van der Waals surface area contributed by atoms with Crippen LogP contribution in [-0.4, -0.2) is 24.2 Å². The first-order valence-electron chi connectivity index (χ1n) is 7.82. The van der Waals surface area contributed by atoms with Crippen LogP contribution in [-0.2, 0) is 13.0 Å². The molecule has 0 unspecified atom stereocenters. The average Bonchev–Trinajstić information content (AvgIpc) is 2.84. The fourth-order valence-electron chi connectivity index (χ4n) is 3.27. The van der Waals surface area contributed by atoms with Crippen molar-refractivity contribution in [2.75, 3.05) is 7.05 Å². The SMILES string of the molecule is CNCc1ccc(-c2[nH]c3cc(F)cc4c3c2CC=NC4=O)cc1. The summed E-state index contributed by atoms with van der Waals surface area (Å²) in [5, 5.41) is 3.89. The second kappa shape index (κ2) is 5.69. The fraction of sp³-hybridized carbons (Fsp3) is 0.158. The van der Waals surface area contributed by atoms with E-state index in [0.29, 0.717) is 17.5 Å². The van der Waals surface area contributed by atoms with Crippen molar-refractivity contribution in [2.45, 2.75) is 13.0 Å². The number of hydrogen-bond donors (Lipinski definition) is 2. The van der Waals surface area contributed by atoms with Crippen LogP contribution >= 0.6 is 0 Å². The molecule has 4 rings (SSSR count). The lowest BCUT2D eigenvalue weighted by Gasteiger charge is -2.05. The number of hydrogen-bond acceptors (Lipinski definition) is 2. The number of amides is 1. The van der Waals surface area contributed by atoms with E-state index in [1.54, 1.807) is 6.21 Å². The first-order valence-corrected chi connectivity index (χ1v) is 7.82. The molecule has 120 valence electrons. The Bertz CT molecular complexity index is 970. The molecule has 0 radical (unpaired) electrons. The molecule has 1 aliphatic rings. The standard InChI is InChI=1S/C19H16FN3O/c1-21-10-11-2-4-12(5-3-11)18-14-6-7-22-19(24)15-8-13(20)9-16(23-18)17(14)15/h2-5,7-9,21,23H,6,10H2,1H3. The highest BCUT2D eigenvalue weighted by Gasteiger charge is 2.22. The van der Waals surface area contributed by atoms with Gasteiger partial charge in [0.05, 0.1) is 11.3 Å². The zero-order valence-corrected chi connectivity index (χ0v) is 13.2. The van der Waals surface area contributed by atoms with Crippen LogP contribution in [0.15, 0.2) is 41.4 Å². The molecule has 1 amide bonds. The Morgan fingerprint density at radius 2 is 2.04 bits per heavy atom. The van der Waals surface area contributed by atoms with E-state index in [1.807, 2.05) is 19.2 Å². The van der Waals surface area contributed by atoms with E-state index in [0.717, 1.165) is 28.8 Å². The zero-order valence-electron chi connectivity index (χ0n) is 13.2. The molecule has 0 fully saturated rings. The maximum Gasteiger partial charge on any atom is 0.277 e. The highest BCUT2D eigenvalue weighted by atomic mass is 19.1. The van der Waals surface area contributed by atoms with E-state index in [1.165, 1.54) is 17.7 Å². The Morgan fingerprint density at radius 3 is 2.79 bits per heavy atom. The van der Waals surface area contributed by atoms with Crippen molar-refractivity contribution in [3.05, 3.63) is 58.9 Å². The van der Waals surface area contributed by atoms with E-state index in [2.05, 4.69) is 27.4 Å². The molecule has 2 aromatic carbocycles. The minimum Gasteiger partial charge on any atom is -0.354 e. The predicted octanol–water partition coefficient (Wildman–Crippen LogP) is 3.46. The van der Waals surface area contributed by atoms with Crippen LogP contribution in [0.25, 0.3) is 22.2 Å². The summed E-state index contributed by atoms with van der Waals surface area (Å²) in [7, 11) is 1.91. The lowest BCUT2D eigenvalue weighted by Crippen LogP contribution is -2.04. The molecule has 2 N–H and O–H groups in total. The van der Waals surface area contributed by atoms with Gasteiger partial charge in [0, 0.05) is 30.1 Å². The van der Waals surface area contributed by atoms with Gasteiger partial charge in [-0.1, -0.05) is 24.3 Å². The van der Waals surface area contributed by atoms with Crippen LogP contribution in [0.5, 0.6) is 0 Å². The lowest BCUT2D eigenvalue weighted by atomic mass is 9.99. The maximum atomic E-state index is 13.9. The number of halogens is 1. The van der Waals surface area contributed by atoms with Gasteiger partial charge in [-0.25, -0.2) is 9.38 Å². The van der Waals surface area contributed by atoms with Gasteiger partial charge in [0.2, 0.25) is 0 Å². The molecule has 24 heavy (non-hydrogen) atoms. The van der Waals surface area contributed by atoms with Crippen molar-refractivity contribution in [3.8, 4) is 11.3 Å². The molecule has 0 bridgehead atoms. The van der Waals surface area contributed by atoms with Gasteiger partial charge in [0.1, 0.15) is 5.82 Å². The van der Waals surface area contributed by atoms with E-state index in [9.17, 15) is 9.18 Å². The van der Waals surface area contributed by atoms with E-state index in [4.69, 9.17) is 0 Å². The predicted molar refractivity (Wildman–Crippen MR) is 93.0 cm³/mol. The molecule has 0 saturated carbocycles. The molecule has 0 saturated heterocycles. The minimum atomic E-state index is -0.438. The number of aromatic amines is 1. The average molecular weight is 321 g/mol. The van der Waals surface area contributed by atoms with Crippen molar-refractivity contribution in [1.29, 1.82) is 0 Å². The van der Waals surface area contributed by atoms with E-state index >= 15 is 0 Å². The smallest absolute Gasteiger partial charge is 0.277 e. The molecular weight excluding hydrogens is 305 g/mol. The monoisotopic (exact) mass is 321 g/mol. The third-order valence-corrected chi connectivity index (χ3v) is 4.32. The van der Waals surface area contributed by atoms with Gasteiger partial charge in [-0.15, -0.1) is 0 Å². The summed E-state index contributed by atoms with van der Waals surface area (Å²) in [6.45, 7) is 0.802. The summed E-state index contributed by atoms with van der Waals surface area (Å²) in [4.78, 5) is 19.3. The number of carbonyl (C=O) groups excluding carboxylic acids is 1. The Kier molecular flexibility index (Phi) is 3.50. The van der Waals surface area contributed by atoms with Gasteiger partial charge in [-0.05, 0) is 35.9 Å². The number of aliphatic imine (C=N–C) groups is 1. The van der Waals surface area contributed by atoms with Gasteiger partial charge in [0.25, 0.3) is 5.91 Å². The summed E-state index contributed by atoms with van der Waals surface area (Å²) in [5.74, 6) is -0.833. The fourth-order valence-corrected chi connectivity index (χ4v) is 3.27. The van der Waals surface area contributed by atoms with E-state index < -0.39 is 11.7 Å². The highest BCUT2D eigenvalue weighted by molar-refractivity contribution is 6.13. The quantitative estimate of drug-likeness (QED) is 0.776. The molecule has 3 aromatic rings. The summed E-state index contributed by atoms with van der Waals surface area (Å²) < 4.78 is 13.9. The van der Waals surface area contributed by atoms with E-state index in [-0.39, 0.29) is 0 Å². The molecule has 4 nitrogen and oxygen atoms in total. The van der Waals surface area contributed by atoms with Crippen molar-refractivity contribution < 1.29 is 9.18 Å². The lowest BCUT2D eigenvalue weighted by molar-refractivity contribution is 0.100. The van der Waals surface area contributed by atoms with Gasteiger partial charge in [0.15, 0.2) is 0 Å². The number of carbonyl (C=O) groups is 1. The van der Waals surface area contributed by atoms with Crippen LogP contribution < -0.4 is 5.32 Å². The van der Waals surface area contributed by atoms with Gasteiger partial charge >= 0.3 is 0 Å². The Morgan fingerprint density at radius 1 is 1.25 bits per heavy atom. The van der Waals surface area contributed by atoms with Crippen LogP contribution in [0.2, 0.25) is 0 Å². The summed E-state index contributed by atoms with van der Waals surface area (Å²) in [5.41, 5.74) is 5.04. The zero-order chi connectivity index (χ0) is 16.7. The number of aromatic nitrogens is 1. The van der Waals surface area contributed by atoms with Crippen LogP contribution in [0.3, 0.4) is 0 Å². The Hall–Kier alpha value is -2.79. The molecule has 0 atom stereocenters. The Balaban J connectivity index is 1.93. The Labute approximate surface area is 138 Å². The third kappa shape index (κ3) is 2.34. The second-order valence-corrected chi connectivity index (χ2v) is 5.90. The number of rotatable bonds is 3. The number of nitrogens with one attached hydrogen (secondary N) is 2. The highest BCUT2D eigenvalue weighted by Crippen LogP contribution is 2.34. The largest absolute Gasteiger partial charge is 0.354 e. The van der Waals surface area contributed by atoms with Gasteiger partial charge in [-0.2, -0.15) is 0 Å².